The molecular formula is C18H14FN7OS2. The molecule has 0 aliphatic carbocycles. The minimum Gasteiger partial charge on any atom is -0.304 e. The summed E-state index contributed by atoms with van der Waals surface area (Å²) < 4.78 is 14.8. The number of pyridine rings is 1. The highest BCUT2D eigenvalue weighted by molar-refractivity contribution is 7.99. The first-order valence-electron chi connectivity index (χ1n) is 8.35. The van der Waals surface area contributed by atoms with E-state index in [9.17, 15) is 9.18 Å². The van der Waals surface area contributed by atoms with Crippen molar-refractivity contribution in [3.8, 4) is 0 Å². The van der Waals surface area contributed by atoms with Crippen molar-refractivity contribution < 1.29 is 9.18 Å². The topological polar surface area (TPSA) is 101 Å². The van der Waals surface area contributed by atoms with Gasteiger partial charge >= 0.3 is 0 Å². The van der Waals surface area contributed by atoms with Crippen LogP contribution in [0.3, 0.4) is 0 Å². The van der Waals surface area contributed by atoms with E-state index in [2.05, 4.69) is 30.6 Å². The Bertz CT molecular complexity index is 1130. The van der Waals surface area contributed by atoms with Gasteiger partial charge in [-0.1, -0.05) is 11.8 Å². The summed E-state index contributed by atoms with van der Waals surface area (Å²) in [6.45, 7) is 0. The number of aromatic nitrogens is 6. The smallest absolute Gasteiger partial charge is 0.276 e. The normalized spacial score (nSPS) is 10.8. The molecule has 0 unspecified atom stereocenters. The Morgan fingerprint density at radius 2 is 1.97 bits per heavy atom. The van der Waals surface area contributed by atoms with Crippen LogP contribution in [-0.4, -0.2) is 35.9 Å². The van der Waals surface area contributed by atoms with Gasteiger partial charge in [0.05, 0.1) is 0 Å². The Balaban J connectivity index is 1.64. The van der Waals surface area contributed by atoms with E-state index in [1.54, 1.807) is 48.3 Å². The highest BCUT2D eigenvalue weighted by Gasteiger charge is 2.18. The number of nitrogens with zero attached hydrogens (tertiary/aromatic N) is 5. The van der Waals surface area contributed by atoms with Gasteiger partial charge in [-0.3, -0.25) is 14.6 Å². The van der Waals surface area contributed by atoms with Crippen molar-refractivity contribution in [1.29, 1.82) is 0 Å². The first kappa shape index (κ1) is 19.2. The van der Waals surface area contributed by atoms with Gasteiger partial charge in [0.1, 0.15) is 22.9 Å². The molecule has 0 bridgehead atoms. The van der Waals surface area contributed by atoms with Crippen LogP contribution >= 0.6 is 23.5 Å². The van der Waals surface area contributed by atoms with Crippen molar-refractivity contribution in [2.45, 2.75) is 20.0 Å². The van der Waals surface area contributed by atoms with Gasteiger partial charge in [-0.25, -0.2) is 14.4 Å². The van der Waals surface area contributed by atoms with E-state index in [1.807, 2.05) is 0 Å². The molecule has 0 aliphatic heterocycles. The number of rotatable bonds is 6. The number of benzene rings is 1. The molecule has 0 radical (unpaired) electrons. The standard InChI is InChI=1S/C18H14FN7OS2/c1-26-9-8-14(25-26)22-17(27)16-13(28-12-4-2-11(19)3-5-12)6-7-15(23-16)29-18-20-10-21-24-18/h2-10H,1H3,(H,20,21,24)(H,22,25,27). The maximum absolute atomic E-state index is 13.2. The molecule has 1 amide bonds. The molecule has 11 heteroatoms. The van der Waals surface area contributed by atoms with Gasteiger partial charge < -0.3 is 5.32 Å². The number of anilines is 1. The number of H-pyrrole nitrogens is 1. The molecule has 3 heterocycles. The monoisotopic (exact) mass is 427 g/mol. The molecule has 0 spiro atoms. The zero-order chi connectivity index (χ0) is 20.2. The Morgan fingerprint density at radius 3 is 2.66 bits per heavy atom. The lowest BCUT2D eigenvalue weighted by molar-refractivity contribution is 0.101. The van der Waals surface area contributed by atoms with Gasteiger partial charge in [0, 0.05) is 29.1 Å². The summed E-state index contributed by atoms with van der Waals surface area (Å²) in [5, 5.41) is 14.6. The molecule has 29 heavy (non-hydrogen) atoms. The molecule has 0 saturated heterocycles. The number of hydrogen-bond donors (Lipinski definition) is 2. The number of carbonyl (C=O) groups excluding carboxylic acids is 1. The first-order chi connectivity index (χ1) is 14.1. The largest absolute Gasteiger partial charge is 0.304 e. The summed E-state index contributed by atoms with van der Waals surface area (Å²) >= 11 is 2.58. The van der Waals surface area contributed by atoms with Crippen molar-refractivity contribution in [2.75, 3.05) is 5.32 Å². The van der Waals surface area contributed by atoms with Crippen LogP contribution in [-0.2, 0) is 7.05 Å². The Morgan fingerprint density at radius 1 is 1.14 bits per heavy atom. The Kier molecular flexibility index (Phi) is 5.58. The fourth-order valence-electron chi connectivity index (χ4n) is 2.36. The van der Waals surface area contributed by atoms with E-state index in [0.29, 0.717) is 20.9 Å². The zero-order valence-electron chi connectivity index (χ0n) is 15.0. The van der Waals surface area contributed by atoms with Gasteiger partial charge in [-0.05, 0) is 48.2 Å². The molecule has 0 saturated carbocycles. The van der Waals surface area contributed by atoms with Crippen molar-refractivity contribution in [2.24, 2.45) is 7.05 Å². The highest BCUT2D eigenvalue weighted by atomic mass is 32.2. The van der Waals surface area contributed by atoms with E-state index in [1.165, 1.54) is 42.0 Å². The molecule has 4 aromatic rings. The lowest BCUT2D eigenvalue weighted by Gasteiger charge is -2.10. The molecule has 2 N–H and O–H groups in total. The van der Waals surface area contributed by atoms with E-state index in [4.69, 9.17) is 0 Å². The van der Waals surface area contributed by atoms with Crippen LogP contribution in [0.25, 0.3) is 0 Å². The third kappa shape index (κ3) is 4.81. The van der Waals surface area contributed by atoms with Crippen molar-refractivity contribution in [3.63, 3.8) is 0 Å². The molecule has 4 rings (SSSR count). The lowest BCUT2D eigenvalue weighted by Crippen LogP contribution is -2.16. The Labute approximate surface area is 173 Å². The zero-order valence-corrected chi connectivity index (χ0v) is 16.7. The summed E-state index contributed by atoms with van der Waals surface area (Å²) in [7, 11) is 1.76. The predicted octanol–water partition coefficient (Wildman–Crippen LogP) is 3.63. The van der Waals surface area contributed by atoms with Gasteiger partial charge in [0.2, 0.25) is 0 Å². The minimum absolute atomic E-state index is 0.231. The second-order valence-corrected chi connectivity index (χ2v) is 7.90. The maximum Gasteiger partial charge on any atom is 0.276 e. The van der Waals surface area contributed by atoms with Crippen molar-refractivity contribution in [3.05, 3.63) is 66.5 Å². The number of carbonyl (C=O) groups is 1. The lowest BCUT2D eigenvalue weighted by atomic mass is 10.3. The summed E-state index contributed by atoms with van der Waals surface area (Å²) in [6.07, 6.45) is 3.13. The van der Waals surface area contributed by atoms with Crippen molar-refractivity contribution in [1.82, 2.24) is 29.9 Å². The quantitative estimate of drug-likeness (QED) is 0.484. The van der Waals surface area contributed by atoms with Gasteiger partial charge in [-0.15, -0.1) is 0 Å². The molecular weight excluding hydrogens is 413 g/mol. The molecule has 0 fully saturated rings. The molecule has 8 nitrogen and oxygen atoms in total. The molecule has 0 aliphatic rings. The second-order valence-electron chi connectivity index (χ2n) is 5.77. The number of halogens is 1. The molecule has 1 aromatic carbocycles. The van der Waals surface area contributed by atoms with E-state index in [-0.39, 0.29) is 11.5 Å². The third-order valence-electron chi connectivity index (χ3n) is 3.64. The highest BCUT2D eigenvalue weighted by Crippen LogP contribution is 2.32. The SMILES string of the molecule is Cn1ccc(NC(=O)c2nc(Sc3ncn[nH]3)ccc2Sc2ccc(F)cc2)n1. The van der Waals surface area contributed by atoms with Crippen molar-refractivity contribution >= 4 is 35.2 Å². The molecule has 146 valence electrons. The Hall–Kier alpha value is -3.18. The number of aryl methyl sites for hydroxylation is 1. The number of aromatic amines is 1. The van der Waals surface area contributed by atoms with Crippen LogP contribution in [0.1, 0.15) is 10.5 Å². The average molecular weight is 427 g/mol. The first-order valence-corrected chi connectivity index (χ1v) is 9.99. The van der Waals surface area contributed by atoms with E-state index in [0.717, 1.165) is 4.90 Å². The summed E-state index contributed by atoms with van der Waals surface area (Å²) in [5.74, 6) is -0.293. The molecule has 3 aromatic heterocycles. The average Bonchev–Trinajstić information content (AvgIpc) is 3.36. The number of hydrogen-bond acceptors (Lipinski definition) is 7. The second kappa shape index (κ2) is 8.45. The van der Waals surface area contributed by atoms with Crippen LogP contribution in [0.2, 0.25) is 0 Å². The van der Waals surface area contributed by atoms with Crippen LogP contribution in [0.5, 0.6) is 0 Å². The van der Waals surface area contributed by atoms with Crippen LogP contribution in [0.4, 0.5) is 10.2 Å². The van der Waals surface area contributed by atoms with Gasteiger partial charge in [-0.2, -0.15) is 10.2 Å². The number of nitrogens with one attached hydrogen (secondary N) is 2. The summed E-state index contributed by atoms with van der Waals surface area (Å²) in [4.78, 5) is 22.9. The van der Waals surface area contributed by atoms with Crippen LogP contribution in [0.15, 0.2) is 75.0 Å². The summed E-state index contributed by atoms with van der Waals surface area (Å²) in [6, 6.07) is 11.3. The van der Waals surface area contributed by atoms with Gasteiger partial charge in [0.25, 0.3) is 5.91 Å². The minimum atomic E-state index is -0.395. The summed E-state index contributed by atoms with van der Waals surface area (Å²) in [5.41, 5.74) is 0.231. The fourth-order valence-corrected chi connectivity index (χ4v) is 3.93. The fraction of sp³-hybridized carbons (Fsp3) is 0.0556. The maximum atomic E-state index is 13.2. The molecule has 0 atom stereocenters. The van der Waals surface area contributed by atoms with E-state index >= 15 is 0 Å². The predicted molar refractivity (Wildman–Crippen MR) is 106 cm³/mol. The van der Waals surface area contributed by atoms with Gasteiger partial charge in [0.15, 0.2) is 11.0 Å². The third-order valence-corrected chi connectivity index (χ3v) is 5.52. The van der Waals surface area contributed by atoms with Crippen LogP contribution < -0.4 is 5.32 Å². The number of amides is 1. The van der Waals surface area contributed by atoms with E-state index < -0.39 is 5.91 Å². The van der Waals surface area contributed by atoms with Crippen LogP contribution in [0, 0.1) is 5.82 Å².